The number of benzene rings is 1. The lowest BCUT2D eigenvalue weighted by Gasteiger charge is -2.42. The monoisotopic (exact) mass is 464 g/mol. The summed E-state index contributed by atoms with van der Waals surface area (Å²) in [4.78, 5) is 15.0. The Morgan fingerprint density at radius 2 is 1.91 bits per heavy atom. The van der Waals surface area contributed by atoms with Crippen LogP contribution >= 0.6 is 0 Å². The second kappa shape index (κ2) is 10.1. The van der Waals surface area contributed by atoms with Crippen LogP contribution in [-0.4, -0.2) is 62.4 Å². The van der Waals surface area contributed by atoms with Gasteiger partial charge in [0.15, 0.2) is 6.61 Å². The molecule has 5 rings (SSSR count). The maximum absolute atomic E-state index is 13.2. The summed E-state index contributed by atoms with van der Waals surface area (Å²) in [5, 5.41) is -0.473. The topological polar surface area (TPSA) is 84.9 Å². The van der Waals surface area contributed by atoms with Crippen LogP contribution in [0.1, 0.15) is 70.3 Å². The summed E-state index contributed by atoms with van der Waals surface area (Å²) < 4.78 is 40.8. The molecule has 2 bridgehead atoms. The Labute approximate surface area is 191 Å². The molecule has 4 aliphatic rings. The first-order valence-corrected chi connectivity index (χ1v) is 13.6. The number of ether oxygens (including phenoxy) is 2. The molecule has 1 aromatic carbocycles. The van der Waals surface area contributed by atoms with E-state index in [0.717, 1.165) is 37.9 Å². The third kappa shape index (κ3) is 5.13. The van der Waals surface area contributed by atoms with Gasteiger partial charge in [0, 0.05) is 12.6 Å². The van der Waals surface area contributed by atoms with Crippen molar-refractivity contribution in [1.29, 1.82) is 0 Å². The number of hydrogen-bond donors (Lipinski definition) is 1. The van der Waals surface area contributed by atoms with Crippen LogP contribution in [0, 0.1) is 0 Å². The van der Waals surface area contributed by atoms with Gasteiger partial charge in [0.05, 0.1) is 24.0 Å². The summed E-state index contributed by atoms with van der Waals surface area (Å²) >= 11 is 0. The van der Waals surface area contributed by atoms with E-state index >= 15 is 0 Å². The van der Waals surface area contributed by atoms with Gasteiger partial charge in [-0.1, -0.05) is 25.1 Å². The molecular weight excluding hydrogens is 428 g/mol. The molecule has 8 heteroatoms. The van der Waals surface area contributed by atoms with E-state index in [1.54, 1.807) is 11.8 Å². The Morgan fingerprint density at radius 3 is 2.66 bits per heavy atom. The number of fused-ring (bicyclic) bond motifs is 5. The van der Waals surface area contributed by atoms with E-state index in [0.29, 0.717) is 31.9 Å². The molecule has 0 aromatic heterocycles. The minimum absolute atomic E-state index is 0.0471. The molecule has 3 aliphatic heterocycles. The van der Waals surface area contributed by atoms with Crippen LogP contribution in [0.15, 0.2) is 24.3 Å². The molecule has 0 radical (unpaired) electrons. The largest absolute Gasteiger partial charge is 0.483 e. The average molecular weight is 465 g/mol. The molecular formula is C24H36N2O5S. The van der Waals surface area contributed by atoms with Crippen LogP contribution in [0.4, 0.5) is 0 Å². The first kappa shape index (κ1) is 23.5. The van der Waals surface area contributed by atoms with Crippen LogP contribution in [0.25, 0.3) is 0 Å². The van der Waals surface area contributed by atoms with Gasteiger partial charge in [0.25, 0.3) is 5.91 Å². The minimum atomic E-state index is -3.46. The highest BCUT2D eigenvalue weighted by atomic mass is 32.2. The van der Waals surface area contributed by atoms with Crippen molar-refractivity contribution < 1.29 is 22.7 Å². The number of para-hydroxylation sites is 1. The van der Waals surface area contributed by atoms with Crippen molar-refractivity contribution in [2.24, 2.45) is 0 Å². The fourth-order valence-electron chi connectivity index (χ4n) is 5.20. The average Bonchev–Trinajstić information content (AvgIpc) is 2.82. The maximum atomic E-state index is 13.2. The SMILES string of the molecule is CC[C@@H](C)S(=O)(=O)N[C@H]1CCCN2C(=O)COc3ccccc3[C@H]3CC[C@H](CC3)OC[C@@H]12. The van der Waals surface area contributed by atoms with E-state index in [1.165, 1.54) is 5.56 Å². The number of piperidine rings is 1. The number of carbonyl (C=O) groups excluding carboxylic acids is 1. The van der Waals surface area contributed by atoms with Crippen LogP contribution in [0.2, 0.25) is 0 Å². The Hall–Kier alpha value is -1.64. The predicted molar refractivity (Wildman–Crippen MR) is 123 cm³/mol. The van der Waals surface area contributed by atoms with Crippen LogP contribution in [0.3, 0.4) is 0 Å². The van der Waals surface area contributed by atoms with Gasteiger partial charge >= 0.3 is 0 Å². The molecule has 3 heterocycles. The Bertz CT molecular complexity index is 897. The second-order valence-corrected chi connectivity index (χ2v) is 11.5. The molecule has 178 valence electrons. The zero-order valence-electron chi connectivity index (χ0n) is 19.2. The number of nitrogens with zero attached hydrogens (tertiary/aromatic N) is 1. The number of hydrogen-bond acceptors (Lipinski definition) is 5. The van der Waals surface area contributed by atoms with E-state index in [1.807, 2.05) is 25.1 Å². The zero-order valence-corrected chi connectivity index (χ0v) is 20.0. The molecule has 1 aliphatic carbocycles. The summed E-state index contributed by atoms with van der Waals surface area (Å²) in [6.45, 7) is 4.48. The second-order valence-electron chi connectivity index (χ2n) is 9.42. The van der Waals surface area contributed by atoms with Gasteiger partial charge in [-0.25, -0.2) is 13.1 Å². The fraction of sp³-hybridized carbons (Fsp3) is 0.708. The van der Waals surface area contributed by atoms with Gasteiger partial charge in [-0.2, -0.15) is 0 Å². The first-order valence-electron chi connectivity index (χ1n) is 12.0. The maximum Gasteiger partial charge on any atom is 0.260 e. The van der Waals surface area contributed by atoms with E-state index in [-0.39, 0.29) is 30.7 Å². The fourth-order valence-corrected chi connectivity index (χ4v) is 6.57. The molecule has 0 spiro atoms. The van der Waals surface area contributed by atoms with Crippen molar-refractivity contribution in [3.8, 4) is 5.75 Å². The minimum Gasteiger partial charge on any atom is -0.483 e. The highest BCUT2D eigenvalue weighted by molar-refractivity contribution is 7.90. The molecule has 1 saturated heterocycles. The number of nitrogens with one attached hydrogen (secondary N) is 1. The Kier molecular flexibility index (Phi) is 7.42. The highest BCUT2D eigenvalue weighted by Gasteiger charge is 2.39. The molecule has 32 heavy (non-hydrogen) atoms. The lowest BCUT2D eigenvalue weighted by molar-refractivity contribution is -0.140. The van der Waals surface area contributed by atoms with E-state index in [4.69, 9.17) is 9.47 Å². The van der Waals surface area contributed by atoms with Crippen molar-refractivity contribution >= 4 is 15.9 Å². The summed E-state index contributed by atoms with van der Waals surface area (Å²) in [7, 11) is -3.46. The summed E-state index contributed by atoms with van der Waals surface area (Å²) in [6, 6.07) is 7.35. The molecule has 1 saturated carbocycles. The normalized spacial score (nSPS) is 30.2. The standard InChI is InChI=1S/C24H36N2O5S/c1-3-17(2)32(28,29)25-21-8-6-14-26-22(21)15-30-19-12-10-18(11-13-19)20-7-4-5-9-23(20)31-16-24(26)27/h4-5,7,9,17-19,21-22,25H,3,6,8,10-16H2,1-2H3/t17-,18-,19+,21+,22+/m1/s1. The van der Waals surface area contributed by atoms with E-state index < -0.39 is 15.3 Å². The van der Waals surface area contributed by atoms with E-state index in [2.05, 4.69) is 10.8 Å². The van der Waals surface area contributed by atoms with Gasteiger partial charge in [-0.05, 0) is 69.4 Å². The Balaban J connectivity index is 1.59. The van der Waals surface area contributed by atoms with Gasteiger partial charge in [-0.15, -0.1) is 0 Å². The number of rotatable bonds is 4. The number of carbonyl (C=O) groups is 1. The van der Waals surface area contributed by atoms with Crippen LogP contribution in [0.5, 0.6) is 5.75 Å². The summed E-state index contributed by atoms with van der Waals surface area (Å²) in [5.41, 5.74) is 1.17. The lowest BCUT2D eigenvalue weighted by Crippen LogP contribution is -2.60. The van der Waals surface area contributed by atoms with Gasteiger partial charge < -0.3 is 14.4 Å². The van der Waals surface area contributed by atoms with Crippen molar-refractivity contribution in [2.45, 2.75) is 88.1 Å². The molecule has 2 fully saturated rings. The van der Waals surface area contributed by atoms with Crippen LogP contribution < -0.4 is 9.46 Å². The molecule has 3 atom stereocenters. The van der Waals surface area contributed by atoms with Crippen molar-refractivity contribution in [3.05, 3.63) is 29.8 Å². The molecule has 1 amide bonds. The summed E-state index contributed by atoms with van der Waals surface area (Å²) in [5.74, 6) is 1.08. The smallest absolute Gasteiger partial charge is 0.260 e. The van der Waals surface area contributed by atoms with Gasteiger partial charge in [0.2, 0.25) is 10.0 Å². The first-order chi connectivity index (χ1) is 15.4. The van der Waals surface area contributed by atoms with Crippen molar-refractivity contribution in [3.63, 3.8) is 0 Å². The van der Waals surface area contributed by atoms with Gasteiger partial charge in [0.1, 0.15) is 5.75 Å². The van der Waals surface area contributed by atoms with Crippen molar-refractivity contribution in [2.75, 3.05) is 19.8 Å². The molecule has 1 aromatic rings. The van der Waals surface area contributed by atoms with Gasteiger partial charge in [-0.3, -0.25) is 4.79 Å². The lowest BCUT2D eigenvalue weighted by atomic mass is 9.82. The predicted octanol–water partition coefficient (Wildman–Crippen LogP) is 3.20. The van der Waals surface area contributed by atoms with Crippen molar-refractivity contribution in [1.82, 2.24) is 9.62 Å². The third-order valence-corrected chi connectivity index (χ3v) is 9.43. The summed E-state index contributed by atoms with van der Waals surface area (Å²) in [6.07, 6.45) is 6.11. The molecule has 7 nitrogen and oxygen atoms in total. The zero-order chi connectivity index (χ0) is 22.7. The quantitative estimate of drug-likeness (QED) is 0.740. The third-order valence-electron chi connectivity index (χ3n) is 7.41. The Morgan fingerprint density at radius 1 is 1.16 bits per heavy atom. The molecule has 1 N–H and O–H groups in total. The van der Waals surface area contributed by atoms with E-state index in [9.17, 15) is 13.2 Å². The number of amides is 1. The molecule has 0 unspecified atom stereocenters. The van der Waals surface area contributed by atoms with Crippen LogP contribution in [-0.2, 0) is 19.6 Å². The number of sulfonamides is 1. The highest BCUT2D eigenvalue weighted by Crippen LogP contribution is 2.39.